The van der Waals surface area contributed by atoms with Crippen molar-refractivity contribution in [1.82, 2.24) is 15.4 Å². The van der Waals surface area contributed by atoms with Crippen LogP contribution < -0.4 is 15.4 Å². The van der Waals surface area contributed by atoms with Crippen molar-refractivity contribution in [3.05, 3.63) is 65.7 Å². The Morgan fingerprint density at radius 2 is 1.46 bits per heavy atom. The molecule has 0 saturated heterocycles. The first kappa shape index (κ1) is 19.9. The van der Waals surface area contributed by atoms with Crippen LogP contribution in [-0.4, -0.2) is 20.0 Å². The number of hydrogen-bond acceptors (Lipinski definition) is 3. The van der Waals surface area contributed by atoms with Gasteiger partial charge >= 0.3 is 6.03 Å². The van der Waals surface area contributed by atoms with Crippen molar-refractivity contribution in [2.24, 2.45) is 0 Å². The Hall–Kier alpha value is -2.38. The lowest BCUT2D eigenvalue weighted by Gasteiger charge is -2.21. The second kappa shape index (κ2) is 8.33. The fraction of sp³-hybridized carbons (Fsp3) is 0.316. The molecular weight excluding hydrogens is 350 g/mol. The Morgan fingerprint density at radius 3 is 2.12 bits per heavy atom. The fourth-order valence-corrected chi connectivity index (χ4v) is 4.05. The molecule has 0 radical (unpaired) electrons. The Labute approximate surface area is 155 Å². The first-order chi connectivity index (χ1) is 12.2. The van der Waals surface area contributed by atoms with Crippen LogP contribution in [0.25, 0.3) is 0 Å². The quantitative estimate of drug-likeness (QED) is 0.725. The van der Waals surface area contributed by atoms with Crippen molar-refractivity contribution in [1.29, 1.82) is 0 Å². The van der Waals surface area contributed by atoms with Gasteiger partial charge in [-0.1, -0.05) is 48.5 Å². The van der Waals surface area contributed by atoms with E-state index in [4.69, 9.17) is 0 Å². The maximum atomic E-state index is 12.6. The summed E-state index contributed by atoms with van der Waals surface area (Å²) in [6.45, 7) is 5.85. The van der Waals surface area contributed by atoms with Crippen LogP contribution in [0.4, 0.5) is 4.79 Å². The zero-order valence-electron chi connectivity index (χ0n) is 15.2. The molecule has 0 aliphatic heterocycles. The third-order valence-corrected chi connectivity index (χ3v) is 5.30. The summed E-state index contributed by atoms with van der Waals surface area (Å²) in [5.74, 6) is 0. The molecule has 0 unspecified atom stereocenters. The molecule has 140 valence electrons. The van der Waals surface area contributed by atoms with Crippen molar-refractivity contribution < 1.29 is 13.2 Å². The minimum atomic E-state index is -3.67. The predicted octanol–water partition coefficient (Wildman–Crippen LogP) is 2.76. The third-order valence-electron chi connectivity index (χ3n) is 3.44. The fourth-order valence-electron chi connectivity index (χ4n) is 2.39. The van der Waals surface area contributed by atoms with E-state index in [1.165, 1.54) is 6.07 Å². The molecular formula is C19H25N3O3S. The molecule has 0 atom stereocenters. The number of carbonyl (C=O) groups excluding carboxylic acids is 1. The minimum absolute atomic E-state index is 0.113. The first-order valence-corrected chi connectivity index (χ1v) is 9.83. The van der Waals surface area contributed by atoms with Gasteiger partial charge in [0.2, 0.25) is 10.0 Å². The largest absolute Gasteiger partial charge is 0.334 e. The molecule has 0 spiro atoms. The number of urea groups is 1. The molecule has 0 heterocycles. The summed E-state index contributed by atoms with van der Waals surface area (Å²) in [6, 6.07) is 15.8. The molecule has 0 fully saturated rings. The highest BCUT2D eigenvalue weighted by atomic mass is 32.2. The molecule has 7 heteroatoms. The molecule has 3 N–H and O–H groups in total. The van der Waals surface area contributed by atoms with Gasteiger partial charge in [-0.15, -0.1) is 0 Å². The second-order valence-electron chi connectivity index (χ2n) is 6.99. The number of nitrogens with one attached hydrogen (secondary N) is 3. The maximum absolute atomic E-state index is 12.6. The standard InChI is InChI=1S/C19H25N3O3S/c1-19(2,3)22-26(24,25)17-12-8-7-11-16(17)14-21-18(23)20-13-15-9-5-4-6-10-15/h4-12,22H,13-14H2,1-3H3,(H2,20,21,23). The predicted molar refractivity (Wildman–Crippen MR) is 102 cm³/mol. The zero-order valence-corrected chi connectivity index (χ0v) is 16.1. The Morgan fingerprint density at radius 1 is 0.885 bits per heavy atom. The summed E-state index contributed by atoms with van der Waals surface area (Å²) in [5, 5.41) is 5.45. The van der Waals surface area contributed by atoms with Crippen molar-refractivity contribution in [2.75, 3.05) is 0 Å². The van der Waals surface area contributed by atoms with E-state index in [2.05, 4.69) is 15.4 Å². The van der Waals surface area contributed by atoms with Gasteiger partial charge in [-0.25, -0.2) is 17.9 Å². The molecule has 2 aromatic rings. The number of rotatable bonds is 6. The summed E-state index contributed by atoms with van der Waals surface area (Å²) in [5.41, 5.74) is 0.922. The van der Waals surface area contributed by atoms with Gasteiger partial charge < -0.3 is 10.6 Å². The zero-order chi connectivity index (χ0) is 19.2. The molecule has 6 nitrogen and oxygen atoms in total. The highest BCUT2D eigenvalue weighted by Crippen LogP contribution is 2.17. The van der Waals surface area contributed by atoms with Crippen LogP contribution in [0.5, 0.6) is 0 Å². The smallest absolute Gasteiger partial charge is 0.315 e. The Bertz CT molecular complexity index is 844. The van der Waals surface area contributed by atoms with Gasteiger partial charge in [0.1, 0.15) is 0 Å². The van der Waals surface area contributed by atoms with Crippen LogP contribution >= 0.6 is 0 Å². The number of hydrogen-bond donors (Lipinski definition) is 3. The molecule has 0 aliphatic carbocycles. The van der Waals surface area contributed by atoms with Crippen LogP contribution in [0.2, 0.25) is 0 Å². The van der Waals surface area contributed by atoms with E-state index in [0.717, 1.165) is 5.56 Å². The highest BCUT2D eigenvalue weighted by Gasteiger charge is 2.24. The summed E-state index contributed by atoms with van der Waals surface area (Å²) >= 11 is 0. The molecule has 0 saturated carbocycles. The average Bonchev–Trinajstić information content (AvgIpc) is 2.57. The summed E-state index contributed by atoms with van der Waals surface area (Å²) in [6.07, 6.45) is 0. The third kappa shape index (κ3) is 6.16. The van der Waals surface area contributed by atoms with Crippen molar-refractivity contribution in [3.8, 4) is 0 Å². The number of benzene rings is 2. The summed E-state index contributed by atoms with van der Waals surface area (Å²) in [4.78, 5) is 12.2. The van der Waals surface area contributed by atoms with E-state index in [1.54, 1.807) is 39.0 Å². The Kier molecular flexibility index (Phi) is 6.39. The van der Waals surface area contributed by atoms with Gasteiger partial charge in [0.05, 0.1) is 4.90 Å². The van der Waals surface area contributed by atoms with E-state index in [1.807, 2.05) is 30.3 Å². The van der Waals surface area contributed by atoms with E-state index in [-0.39, 0.29) is 17.5 Å². The molecule has 0 aliphatic rings. The lowest BCUT2D eigenvalue weighted by atomic mass is 10.1. The topological polar surface area (TPSA) is 87.3 Å². The van der Waals surface area contributed by atoms with Crippen molar-refractivity contribution >= 4 is 16.1 Å². The van der Waals surface area contributed by atoms with Gasteiger partial charge in [0, 0.05) is 18.6 Å². The lowest BCUT2D eigenvalue weighted by molar-refractivity contribution is 0.240. The lowest BCUT2D eigenvalue weighted by Crippen LogP contribution is -2.41. The molecule has 0 aromatic heterocycles. The van der Waals surface area contributed by atoms with Crippen molar-refractivity contribution in [3.63, 3.8) is 0 Å². The number of carbonyl (C=O) groups is 1. The molecule has 2 amide bonds. The van der Waals surface area contributed by atoms with E-state index < -0.39 is 15.6 Å². The Balaban J connectivity index is 2.01. The van der Waals surface area contributed by atoms with E-state index in [9.17, 15) is 13.2 Å². The van der Waals surface area contributed by atoms with Gasteiger partial charge in [-0.3, -0.25) is 0 Å². The normalized spacial score (nSPS) is 11.8. The first-order valence-electron chi connectivity index (χ1n) is 8.35. The van der Waals surface area contributed by atoms with Crippen LogP contribution in [0.1, 0.15) is 31.9 Å². The van der Waals surface area contributed by atoms with Gasteiger partial charge in [0.15, 0.2) is 0 Å². The van der Waals surface area contributed by atoms with Crippen molar-refractivity contribution in [2.45, 2.75) is 44.3 Å². The molecule has 2 aromatic carbocycles. The second-order valence-corrected chi connectivity index (χ2v) is 8.64. The van der Waals surface area contributed by atoms with Gasteiger partial charge in [-0.2, -0.15) is 0 Å². The monoisotopic (exact) mass is 375 g/mol. The van der Waals surface area contributed by atoms with Gasteiger partial charge in [0.25, 0.3) is 0 Å². The van der Waals surface area contributed by atoms with Crippen LogP contribution in [0.3, 0.4) is 0 Å². The van der Waals surface area contributed by atoms with Gasteiger partial charge in [-0.05, 0) is 38.0 Å². The highest BCUT2D eigenvalue weighted by molar-refractivity contribution is 7.89. The number of sulfonamides is 1. The van der Waals surface area contributed by atoms with Crippen LogP contribution in [0, 0.1) is 0 Å². The molecule has 2 rings (SSSR count). The van der Waals surface area contributed by atoms with Crippen LogP contribution in [-0.2, 0) is 23.1 Å². The SMILES string of the molecule is CC(C)(C)NS(=O)(=O)c1ccccc1CNC(=O)NCc1ccccc1. The molecule has 0 bridgehead atoms. The average molecular weight is 375 g/mol. The number of amides is 2. The molecule has 26 heavy (non-hydrogen) atoms. The summed E-state index contributed by atoms with van der Waals surface area (Å²) in [7, 11) is -3.67. The maximum Gasteiger partial charge on any atom is 0.315 e. The van der Waals surface area contributed by atoms with E-state index in [0.29, 0.717) is 12.1 Å². The summed E-state index contributed by atoms with van der Waals surface area (Å²) < 4.78 is 27.8. The van der Waals surface area contributed by atoms with Crippen LogP contribution in [0.15, 0.2) is 59.5 Å². The van der Waals surface area contributed by atoms with E-state index >= 15 is 0 Å². The minimum Gasteiger partial charge on any atom is -0.334 e.